The minimum atomic E-state index is -0.115. The molecule has 72 valence electrons. The second-order valence-corrected chi connectivity index (χ2v) is 2.43. The van der Waals surface area contributed by atoms with E-state index in [9.17, 15) is 4.79 Å². The van der Waals surface area contributed by atoms with E-state index < -0.39 is 0 Å². The molecule has 0 radical (unpaired) electrons. The number of hydroxylamine groups is 2. The van der Waals surface area contributed by atoms with Crippen molar-refractivity contribution >= 4 is 5.91 Å². The molecule has 0 atom stereocenters. The van der Waals surface area contributed by atoms with E-state index in [1.807, 2.05) is 0 Å². The summed E-state index contributed by atoms with van der Waals surface area (Å²) in [6.07, 6.45) is 5.27. The molecule has 0 heterocycles. The Morgan fingerprint density at radius 1 is 1.54 bits per heavy atom. The maximum Gasteiger partial charge on any atom is 0.250 e. The van der Waals surface area contributed by atoms with E-state index in [1.165, 1.54) is 12.2 Å². The van der Waals surface area contributed by atoms with Crippen molar-refractivity contribution in [2.24, 2.45) is 0 Å². The smallest absolute Gasteiger partial charge is 0.250 e. The van der Waals surface area contributed by atoms with Crippen molar-refractivity contribution in [3.8, 4) is 0 Å². The van der Waals surface area contributed by atoms with Crippen LogP contribution in [0.2, 0.25) is 0 Å². The monoisotopic (exact) mass is 181 g/mol. The van der Waals surface area contributed by atoms with Gasteiger partial charge in [0.05, 0.1) is 13.5 Å². The van der Waals surface area contributed by atoms with Crippen LogP contribution in [-0.2, 0) is 9.63 Å². The van der Waals surface area contributed by atoms with Gasteiger partial charge >= 0.3 is 0 Å². The van der Waals surface area contributed by atoms with Crippen molar-refractivity contribution in [1.82, 2.24) is 5.06 Å². The molecule has 0 bridgehead atoms. The predicted molar refractivity (Wildman–Crippen MR) is 52.9 cm³/mol. The molecule has 0 unspecified atom stereocenters. The van der Waals surface area contributed by atoms with E-state index in [0.717, 1.165) is 5.57 Å². The Hall–Kier alpha value is -1.35. The molecule has 0 saturated heterocycles. The van der Waals surface area contributed by atoms with Crippen LogP contribution in [0.25, 0.3) is 0 Å². The quantitative estimate of drug-likeness (QED) is 0.477. The molecule has 0 aromatic carbocycles. The molecule has 0 aliphatic rings. The maximum absolute atomic E-state index is 11.3. The molecule has 0 rings (SSSR count). The molecule has 3 nitrogen and oxygen atoms in total. The molecule has 0 N–H and O–H groups in total. The zero-order chi connectivity index (χ0) is 10.3. The van der Waals surface area contributed by atoms with Crippen LogP contribution < -0.4 is 0 Å². The lowest BCUT2D eigenvalue weighted by molar-refractivity contribution is -0.167. The molecule has 0 aromatic heterocycles. The lowest BCUT2D eigenvalue weighted by atomic mass is 10.1. The van der Waals surface area contributed by atoms with Crippen LogP contribution >= 0.6 is 0 Å². The highest BCUT2D eigenvalue weighted by Gasteiger charge is 2.08. The first-order valence-electron chi connectivity index (χ1n) is 3.90. The minimum absolute atomic E-state index is 0.115. The number of carbonyl (C=O) groups is 1. The number of hydrogen-bond donors (Lipinski definition) is 0. The van der Waals surface area contributed by atoms with Crippen molar-refractivity contribution in [2.45, 2.75) is 6.42 Å². The van der Waals surface area contributed by atoms with Crippen molar-refractivity contribution in [3.05, 3.63) is 37.0 Å². The standard InChI is InChI=1S/C10H15NO2/c1-5-7-9(6-2)8-10(12)11(3)13-4/h5-7H,1-2,8H2,3-4H3/b9-7+. The number of allylic oxidation sites excluding steroid dienone is 3. The van der Waals surface area contributed by atoms with Gasteiger partial charge in [-0.2, -0.15) is 0 Å². The van der Waals surface area contributed by atoms with Gasteiger partial charge in [-0.15, -0.1) is 0 Å². The first-order valence-corrected chi connectivity index (χ1v) is 3.90. The average Bonchev–Trinajstić information content (AvgIpc) is 2.15. The fraction of sp³-hybridized carbons (Fsp3) is 0.300. The summed E-state index contributed by atoms with van der Waals surface area (Å²) in [6.45, 7) is 7.13. The molecule has 13 heavy (non-hydrogen) atoms. The van der Waals surface area contributed by atoms with Gasteiger partial charge in [-0.3, -0.25) is 9.63 Å². The van der Waals surface area contributed by atoms with Gasteiger partial charge in [0.25, 0.3) is 0 Å². The van der Waals surface area contributed by atoms with Crippen LogP contribution in [0.15, 0.2) is 37.0 Å². The van der Waals surface area contributed by atoms with Crippen LogP contribution in [0, 0.1) is 0 Å². The average molecular weight is 181 g/mol. The summed E-state index contributed by atoms with van der Waals surface area (Å²) < 4.78 is 0. The van der Waals surface area contributed by atoms with E-state index in [2.05, 4.69) is 13.2 Å². The lowest BCUT2D eigenvalue weighted by Gasteiger charge is -2.13. The number of hydrogen-bond acceptors (Lipinski definition) is 2. The van der Waals surface area contributed by atoms with Gasteiger partial charge < -0.3 is 0 Å². The van der Waals surface area contributed by atoms with Gasteiger partial charge in [0.15, 0.2) is 0 Å². The lowest BCUT2D eigenvalue weighted by Crippen LogP contribution is -2.25. The molecule has 0 aromatic rings. The SMILES string of the molecule is C=C/C=C(\C=C)CC(=O)N(C)OC. The third kappa shape index (κ3) is 4.28. The first kappa shape index (κ1) is 11.6. The highest BCUT2D eigenvalue weighted by atomic mass is 16.7. The molecular formula is C10H15NO2. The van der Waals surface area contributed by atoms with Crippen molar-refractivity contribution in [1.29, 1.82) is 0 Å². The van der Waals surface area contributed by atoms with E-state index in [0.29, 0.717) is 0 Å². The van der Waals surface area contributed by atoms with Gasteiger partial charge in [0, 0.05) is 7.05 Å². The largest absolute Gasteiger partial charge is 0.275 e. The summed E-state index contributed by atoms with van der Waals surface area (Å²) in [5.41, 5.74) is 0.823. The molecule has 1 amide bonds. The summed E-state index contributed by atoms with van der Waals surface area (Å²) in [5.74, 6) is -0.115. The second kappa shape index (κ2) is 6.20. The van der Waals surface area contributed by atoms with Crippen molar-refractivity contribution in [2.75, 3.05) is 14.2 Å². The zero-order valence-electron chi connectivity index (χ0n) is 8.12. The van der Waals surface area contributed by atoms with Gasteiger partial charge in [0.2, 0.25) is 5.91 Å². The molecule has 0 aliphatic carbocycles. The third-order valence-electron chi connectivity index (χ3n) is 1.57. The topological polar surface area (TPSA) is 29.5 Å². The Morgan fingerprint density at radius 3 is 2.54 bits per heavy atom. The first-order chi connectivity index (χ1) is 6.15. The molecule has 0 saturated carbocycles. The Bertz CT molecular complexity index is 231. The predicted octanol–water partition coefficient (Wildman–Crippen LogP) is 1.69. The fourth-order valence-electron chi connectivity index (χ4n) is 0.738. The van der Waals surface area contributed by atoms with Crippen LogP contribution in [0.4, 0.5) is 0 Å². The van der Waals surface area contributed by atoms with Crippen LogP contribution in [0.1, 0.15) is 6.42 Å². The molecule has 0 aliphatic heterocycles. The fourth-order valence-corrected chi connectivity index (χ4v) is 0.738. The van der Waals surface area contributed by atoms with Gasteiger partial charge in [-0.25, -0.2) is 5.06 Å². The molecule has 0 spiro atoms. The van der Waals surface area contributed by atoms with E-state index in [1.54, 1.807) is 25.3 Å². The van der Waals surface area contributed by atoms with Crippen LogP contribution in [0.3, 0.4) is 0 Å². The minimum Gasteiger partial charge on any atom is -0.275 e. The van der Waals surface area contributed by atoms with Crippen molar-refractivity contribution < 1.29 is 9.63 Å². The van der Waals surface area contributed by atoms with Crippen LogP contribution in [-0.4, -0.2) is 25.1 Å². The number of rotatable bonds is 5. The molecular weight excluding hydrogens is 166 g/mol. The van der Waals surface area contributed by atoms with Gasteiger partial charge in [0.1, 0.15) is 0 Å². The Labute approximate surface area is 78.9 Å². The summed E-state index contributed by atoms with van der Waals surface area (Å²) in [4.78, 5) is 16.0. The van der Waals surface area contributed by atoms with Gasteiger partial charge in [-0.1, -0.05) is 31.4 Å². The van der Waals surface area contributed by atoms with E-state index in [4.69, 9.17) is 4.84 Å². The van der Waals surface area contributed by atoms with Crippen LogP contribution in [0.5, 0.6) is 0 Å². The highest BCUT2D eigenvalue weighted by Crippen LogP contribution is 2.05. The summed E-state index contributed by atoms with van der Waals surface area (Å²) in [5, 5.41) is 1.18. The normalized spacial score (nSPS) is 10.8. The molecule has 0 fully saturated rings. The zero-order valence-corrected chi connectivity index (χ0v) is 8.12. The van der Waals surface area contributed by atoms with E-state index >= 15 is 0 Å². The number of carbonyl (C=O) groups excluding carboxylic acids is 1. The van der Waals surface area contributed by atoms with Crippen molar-refractivity contribution in [3.63, 3.8) is 0 Å². The number of amides is 1. The Kier molecular flexibility index (Phi) is 5.55. The van der Waals surface area contributed by atoms with Gasteiger partial charge in [-0.05, 0) is 5.57 Å². The number of nitrogens with zero attached hydrogens (tertiary/aromatic N) is 1. The van der Waals surface area contributed by atoms with E-state index in [-0.39, 0.29) is 12.3 Å². The Morgan fingerprint density at radius 2 is 2.15 bits per heavy atom. The second-order valence-electron chi connectivity index (χ2n) is 2.43. The summed E-state index contributed by atoms with van der Waals surface area (Å²) in [7, 11) is 3.01. The maximum atomic E-state index is 11.3. The highest BCUT2D eigenvalue weighted by molar-refractivity contribution is 5.78. The summed E-state index contributed by atoms with van der Waals surface area (Å²) >= 11 is 0. The molecule has 3 heteroatoms. The third-order valence-corrected chi connectivity index (χ3v) is 1.57. The summed E-state index contributed by atoms with van der Waals surface area (Å²) in [6, 6.07) is 0. The Balaban J connectivity index is 4.24.